The Balaban J connectivity index is 1.85. The summed E-state index contributed by atoms with van der Waals surface area (Å²) in [5.41, 5.74) is 0.710. The number of nitrogens with one attached hydrogen (secondary N) is 1. The van der Waals surface area contributed by atoms with Crippen molar-refractivity contribution in [3.05, 3.63) is 29.0 Å². The third kappa shape index (κ3) is 3.76. The summed E-state index contributed by atoms with van der Waals surface area (Å²) in [7, 11) is 0. The highest BCUT2D eigenvalue weighted by molar-refractivity contribution is 6.30. The van der Waals surface area contributed by atoms with Crippen LogP contribution in [0.4, 0.5) is 14.9 Å². The average molecular weight is 301 g/mol. The van der Waals surface area contributed by atoms with Crippen LogP contribution in [-0.2, 0) is 4.74 Å². The van der Waals surface area contributed by atoms with Crippen LogP contribution in [0.5, 0.6) is 0 Å². The second-order valence-corrected chi connectivity index (χ2v) is 5.14. The number of ether oxygens (including phenoxy) is 1. The van der Waals surface area contributed by atoms with Gasteiger partial charge in [0.1, 0.15) is 5.82 Å². The highest BCUT2D eigenvalue weighted by Crippen LogP contribution is 2.21. The van der Waals surface area contributed by atoms with E-state index in [1.54, 1.807) is 17.9 Å². The molecule has 1 aromatic rings. The fraction of sp³-hybridized carbons (Fsp3) is 0.500. The lowest BCUT2D eigenvalue weighted by Crippen LogP contribution is -2.42. The van der Waals surface area contributed by atoms with Crippen molar-refractivity contribution in [2.75, 3.05) is 25.0 Å². The average Bonchev–Trinajstić information content (AvgIpc) is 2.44. The Kier molecular flexibility index (Phi) is 5.06. The maximum Gasteiger partial charge on any atom is 0.409 e. The van der Waals surface area contributed by atoms with E-state index in [0.29, 0.717) is 25.4 Å². The van der Waals surface area contributed by atoms with Gasteiger partial charge in [-0.3, -0.25) is 0 Å². The van der Waals surface area contributed by atoms with E-state index in [2.05, 4.69) is 5.32 Å². The number of anilines is 1. The molecule has 0 radical (unpaired) electrons. The number of amides is 1. The van der Waals surface area contributed by atoms with Crippen LogP contribution in [0.3, 0.4) is 0 Å². The van der Waals surface area contributed by atoms with Crippen molar-refractivity contribution in [3.63, 3.8) is 0 Å². The number of halogens is 2. The highest BCUT2D eigenvalue weighted by atomic mass is 35.5. The molecule has 0 aliphatic carbocycles. The monoisotopic (exact) mass is 300 g/mol. The third-order valence-electron chi connectivity index (χ3n) is 3.31. The molecule has 0 spiro atoms. The Morgan fingerprint density at radius 2 is 2.20 bits per heavy atom. The zero-order chi connectivity index (χ0) is 14.5. The summed E-state index contributed by atoms with van der Waals surface area (Å²) in [6.07, 6.45) is 1.36. The first-order valence-electron chi connectivity index (χ1n) is 6.73. The maximum absolute atomic E-state index is 13.3. The standard InChI is InChI=1S/C14H18ClFN2O2/c1-2-20-14(19)18-7-5-10(6-8-18)17-11-3-4-12(15)13(16)9-11/h3-4,9-10,17H,2,5-8H2,1H3. The van der Waals surface area contributed by atoms with Crippen molar-refractivity contribution in [3.8, 4) is 0 Å². The van der Waals surface area contributed by atoms with Crippen molar-refractivity contribution in [1.82, 2.24) is 4.90 Å². The zero-order valence-electron chi connectivity index (χ0n) is 11.4. The van der Waals surface area contributed by atoms with Gasteiger partial charge in [0.15, 0.2) is 0 Å². The molecule has 1 heterocycles. The SMILES string of the molecule is CCOC(=O)N1CCC(Nc2ccc(Cl)c(F)c2)CC1. The van der Waals surface area contributed by atoms with E-state index in [1.807, 2.05) is 0 Å². The molecule has 2 rings (SSSR count). The summed E-state index contributed by atoms with van der Waals surface area (Å²) >= 11 is 5.65. The molecule has 0 aromatic heterocycles. The number of likely N-dealkylation sites (tertiary alicyclic amines) is 1. The smallest absolute Gasteiger partial charge is 0.409 e. The fourth-order valence-corrected chi connectivity index (χ4v) is 2.36. The highest BCUT2D eigenvalue weighted by Gasteiger charge is 2.23. The molecule has 1 aliphatic heterocycles. The lowest BCUT2D eigenvalue weighted by atomic mass is 10.1. The van der Waals surface area contributed by atoms with Crippen LogP contribution in [0.25, 0.3) is 0 Å². The predicted molar refractivity (Wildman–Crippen MR) is 76.6 cm³/mol. The van der Waals surface area contributed by atoms with Gasteiger partial charge in [-0.2, -0.15) is 0 Å². The molecule has 0 bridgehead atoms. The van der Waals surface area contributed by atoms with E-state index in [-0.39, 0.29) is 17.2 Å². The Morgan fingerprint density at radius 3 is 2.80 bits per heavy atom. The summed E-state index contributed by atoms with van der Waals surface area (Å²) < 4.78 is 18.3. The van der Waals surface area contributed by atoms with Gasteiger partial charge in [0, 0.05) is 24.8 Å². The van der Waals surface area contributed by atoms with Gasteiger partial charge in [-0.25, -0.2) is 9.18 Å². The first-order chi connectivity index (χ1) is 9.60. The molecule has 1 amide bonds. The van der Waals surface area contributed by atoms with E-state index in [0.717, 1.165) is 12.8 Å². The molecule has 6 heteroatoms. The molecule has 0 atom stereocenters. The quantitative estimate of drug-likeness (QED) is 0.929. The Labute approximate surface area is 122 Å². The molecule has 1 fully saturated rings. The summed E-state index contributed by atoms with van der Waals surface area (Å²) in [6.45, 7) is 3.47. The van der Waals surface area contributed by atoms with Gasteiger partial charge in [0.25, 0.3) is 0 Å². The Bertz CT molecular complexity index is 476. The van der Waals surface area contributed by atoms with Crippen LogP contribution < -0.4 is 5.32 Å². The number of benzene rings is 1. The minimum absolute atomic E-state index is 0.118. The van der Waals surface area contributed by atoms with E-state index in [4.69, 9.17) is 16.3 Å². The normalized spacial score (nSPS) is 16.1. The minimum Gasteiger partial charge on any atom is -0.450 e. The zero-order valence-corrected chi connectivity index (χ0v) is 12.1. The van der Waals surface area contributed by atoms with Crippen molar-refractivity contribution < 1.29 is 13.9 Å². The molecule has 1 N–H and O–H groups in total. The van der Waals surface area contributed by atoms with Gasteiger partial charge in [0.05, 0.1) is 11.6 Å². The van der Waals surface area contributed by atoms with Crippen LogP contribution in [0, 0.1) is 5.82 Å². The largest absolute Gasteiger partial charge is 0.450 e. The minimum atomic E-state index is -0.430. The van der Waals surface area contributed by atoms with Gasteiger partial charge in [0.2, 0.25) is 0 Å². The van der Waals surface area contributed by atoms with Crippen LogP contribution in [0.2, 0.25) is 5.02 Å². The number of hydrogen-bond donors (Lipinski definition) is 1. The summed E-state index contributed by atoms with van der Waals surface area (Å²) in [5.74, 6) is -0.430. The topological polar surface area (TPSA) is 41.6 Å². The molecule has 0 unspecified atom stereocenters. The second-order valence-electron chi connectivity index (χ2n) is 4.73. The third-order valence-corrected chi connectivity index (χ3v) is 3.62. The van der Waals surface area contributed by atoms with Crippen molar-refractivity contribution in [1.29, 1.82) is 0 Å². The number of hydrogen-bond acceptors (Lipinski definition) is 3. The number of carbonyl (C=O) groups is 1. The number of carbonyl (C=O) groups excluding carboxylic acids is 1. The fourth-order valence-electron chi connectivity index (χ4n) is 2.24. The predicted octanol–water partition coefficient (Wildman–Crippen LogP) is 3.51. The number of rotatable bonds is 3. The summed E-state index contributed by atoms with van der Waals surface area (Å²) in [4.78, 5) is 13.3. The molecular formula is C14H18ClFN2O2. The van der Waals surface area contributed by atoms with Crippen LogP contribution >= 0.6 is 11.6 Å². The number of piperidine rings is 1. The van der Waals surface area contributed by atoms with Crippen LogP contribution in [0.1, 0.15) is 19.8 Å². The van der Waals surface area contributed by atoms with E-state index in [1.165, 1.54) is 12.1 Å². The lowest BCUT2D eigenvalue weighted by Gasteiger charge is -2.32. The first kappa shape index (κ1) is 14.9. The van der Waals surface area contributed by atoms with Crippen LogP contribution in [-0.4, -0.2) is 36.7 Å². The summed E-state index contributed by atoms with van der Waals surface area (Å²) in [6, 6.07) is 4.90. The Morgan fingerprint density at radius 1 is 1.50 bits per heavy atom. The van der Waals surface area contributed by atoms with Crippen LogP contribution in [0.15, 0.2) is 18.2 Å². The van der Waals surface area contributed by atoms with Gasteiger partial charge < -0.3 is 15.0 Å². The van der Waals surface area contributed by atoms with E-state index < -0.39 is 5.82 Å². The van der Waals surface area contributed by atoms with Crippen molar-refractivity contribution >= 4 is 23.4 Å². The van der Waals surface area contributed by atoms with Crippen molar-refractivity contribution in [2.45, 2.75) is 25.8 Å². The second kappa shape index (κ2) is 6.79. The Hall–Kier alpha value is -1.49. The molecule has 1 saturated heterocycles. The molecule has 110 valence electrons. The molecular weight excluding hydrogens is 283 g/mol. The van der Waals surface area contributed by atoms with Gasteiger partial charge in [-0.1, -0.05) is 11.6 Å². The van der Waals surface area contributed by atoms with Gasteiger partial charge in [-0.15, -0.1) is 0 Å². The molecule has 0 saturated carbocycles. The first-order valence-corrected chi connectivity index (χ1v) is 7.11. The van der Waals surface area contributed by atoms with E-state index in [9.17, 15) is 9.18 Å². The molecule has 4 nitrogen and oxygen atoms in total. The summed E-state index contributed by atoms with van der Waals surface area (Å²) in [5, 5.41) is 3.38. The molecule has 1 aromatic carbocycles. The van der Waals surface area contributed by atoms with Gasteiger partial charge >= 0.3 is 6.09 Å². The molecule has 20 heavy (non-hydrogen) atoms. The van der Waals surface area contributed by atoms with Gasteiger partial charge in [-0.05, 0) is 38.0 Å². The maximum atomic E-state index is 13.3. The lowest BCUT2D eigenvalue weighted by molar-refractivity contribution is 0.0983. The number of nitrogens with zero attached hydrogens (tertiary/aromatic N) is 1. The van der Waals surface area contributed by atoms with E-state index >= 15 is 0 Å². The molecule has 1 aliphatic rings. The van der Waals surface area contributed by atoms with Crippen molar-refractivity contribution in [2.24, 2.45) is 0 Å².